The third-order valence-corrected chi connectivity index (χ3v) is 8.34. The Morgan fingerprint density at radius 3 is 2.54 bits per heavy atom. The molecule has 6 atom stereocenters. The molecule has 198 valence electrons. The highest BCUT2D eigenvalue weighted by Crippen LogP contribution is 2.44. The number of Topliss-reactive ketones (excluding diaryl/α,β-unsaturated/α-hetero) is 1. The summed E-state index contributed by atoms with van der Waals surface area (Å²) in [6.45, 7) is 12.9. The van der Waals surface area contributed by atoms with Crippen LogP contribution in [0.15, 0.2) is 11.0 Å². The van der Waals surface area contributed by atoms with Gasteiger partial charge in [-0.1, -0.05) is 39.7 Å². The molecule has 2 rings (SSSR count). The van der Waals surface area contributed by atoms with Gasteiger partial charge in [0, 0.05) is 11.3 Å². The van der Waals surface area contributed by atoms with Gasteiger partial charge in [0.25, 0.3) is 0 Å². The summed E-state index contributed by atoms with van der Waals surface area (Å²) in [5.74, 6) is -2.27. The molecule has 1 fully saturated rings. The Morgan fingerprint density at radius 2 is 1.97 bits per heavy atom. The van der Waals surface area contributed by atoms with Crippen LogP contribution in [-0.2, 0) is 14.3 Å². The van der Waals surface area contributed by atoms with Crippen LogP contribution < -0.4 is 0 Å². The number of ketones is 1. The number of nitrogens with zero attached hydrogens (tertiary/aromatic N) is 1. The van der Waals surface area contributed by atoms with Crippen molar-refractivity contribution in [2.75, 3.05) is 0 Å². The highest BCUT2D eigenvalue weighted by atomic mass is 32.1. The van der Waals surface area contributed by atoms with E-state index in [0.29, 0.717) is 0 Å². The van der Waals surface area contributed by atoms with Gasteiger partial charge in [-0.05, 0) is 58.4 Å². The average Bonchev–Trinajstić information content (AvgIpc) is 3.24. The molecule has 1 aromatic heterocycles. The first-order chi connectivity index (χ1) is 16.2. The van der Waals surface area contributed by atoms with Crippen LogP contribution in [0.3, 0.4) is 0 Å². The fourth-order valence-electron chi connectivity index (χ4n) is 4.77. The van der Waals surface area contributed by atoms with Gasteiger partial charge in [-0.3, -0.25) is 9.59 Å². The van der Waals surface area contributed by atoms with Crippen molar-refractivity contribution in [3.63, 3.8) is 0 Å². The first-order valence-electron chi connectivity index (χ1n) is 12.6. The number of carbonyl (C=O) groups excluding carboxylic acids is 1. The number of rotatable bonds is 15. The lowest BCUT2D eigenvalue weighted by Crippen LogP contribution is -2.45. The molecule has 3 N–H and O–H groups in total. The van der Waals surface area contributed by atoms with Gasteiger partial charge in [0.1, 0.15) is 5.78 Å². The van der Waals surface area contributed by atoms with Crippen LogP contribution in [0, 0.1) is 24.2 Å². The number of aryl methyl sites for hydroxylation is 1. The second kappa shape index (κ2) is 12.1. The minimum Gasteiger partial charge on any atom is -0.481 e. The maximum absolute atomic E-state index is 12.9. The molecule has 0 saturated carbocycles. The molecule has 0 radical (unpaired) electrons. The predicted octanol–water partition coefficient (Wildman–Crippen LogP) is 5.03. The molecular weight excluding hydrogens is 466 g/mol. The zero-order valence-electron chi connectivity index (χ0n) is 22.2. The first kappa shape index (κ1) is 29.6. The predicted molar refractivity (Wildman–Crippen MR) is 138 cm³/mol. The summed E-state index contributed by atoms with van der Waals surface area (Å²) in [6.07, 6.45) is 4.18. The molecule has 2 heterocycles. The quantitative estimate of drug-likeness (QED) is 0.284. The minimum absolute atomic E-state index is 0.103. The Bertz CT molecular complexity index is 909. The summed E-state index contributed by atoms with van der Waals surface area (Å²) in [4.78, 5) is 28.3. The number of carbonyl (C=O) groups is 2. The largest absolute Gasteiger partial charge is 0.481 e. The molecule has 1 aliphatic heterocycles. The molecule has 1 saturated heterocycles. The maximum atomic E-state index is 12.9. The summed E-state index contributed by atoms with van der Waals surface area (Å²) in [6, 6.07) is 0. The maximum Gasteiger partial charge on any atom is 0.306 e. The number of aliphatic hydroxyl groups excluding tert-OH is 2. The van der Waals surface area contributed by atoms with Gasteiger partial charge >= 0.3 is 5.97 Å². The van der Waals surface area contributed by atoms with Crippen molar-refractivity contribution in [2.24, 2.45) is 17.3 Å². The van der Waals surface area contributed by atoms with Gasteiger partial charge in [0.2, 0.25) is 0 Å². The summed E-state index contributed by atoms with van der Waals surface area (Å²) in [5.41, 5.74) is 0.933. The van der Waals surface area contributed by atoms with Crippen molar-refractivity contribution in [1.82, 2.24) is 4.98 Å². The normalized spacial score (nSPS) is 24.0. The molecule has 0 amide bonds. The van der Waals surface area contributed by atoms with Crippen LogP contribution >= 0.6 is 11.3 Å². The van der Waals surface area contributed by atoms with E-state index < -0.39 is 35.9 Å². The van der Waals surface area contributed by atoms with Crippen molar-refractivity contribution >= 4 is 29.2 Å². The third-order valence-electron chi connectivity index (χ3n) is 7.54. The van der Waals surface area contributed by atoms with Crippen molar-refractivity contribution in [3.05, 3.63) is 21.7 Å². The van der Waals surface area contributed by atoms with E-state index in [1.165, 1.54) is 19.4 Å². The van der Waals surface area contributed by atoms with Gasteiger partial charge in [-0.15, -0.1) is 11.3 Å². The number of hydrogen-bond acceptors (Lipinski definition) is 7. The number of thiazole rings is 1. The zero-order chi connectivity index (χ0) is 26.6. The molecular formula is C27H43NO6S. The number of aromatic nitrogens is 1. The van der Waals surface area contributed by atoms with Crippen molar-refractivity contribution in [2.45, 2.75) is 111 Å². The Hall–Kier alpha value is -1.61. The molecule has 0 aliphatic carbocycles. The smallest absolute Gasteiger partial charge is 0.306 e. The Labute approximate surface area is 213 Å². The van der Waals surface area contributed by atoms with E-state index in [4.69, 9.17) is 9.84 Å². The standard InChI is InChI=1S/C27H43NO6S/c1-16(13-20-15-35-19(4)28-20)10-11-22-27(7,34-22)12-8-9-17(2)24(32)18(3)25(33)26(5,6)21(29)14-23(30)31/h13,15,17-18,21-22,24,29,32H,8-12,14H2,1-7H3,(H,30,31). The Balaban J connectivity index is 1.76. The van der Waals surface area contributed by atoms with Crippen LogP contribution in [0.25, 0.3) is 6.08 Å². The van der Waals surface area contributed by atoms with Crippen LogP contribution in [0.1, 0.15) is 90.8 Å². The lowest BCUT2D eigenvalue weighted by molar-refractivity contribution is -0.147. The molecule has 7 nitrogen and oxygen atoms in total. The molecule has 35 heavy (non-hydrogen) atoms. The van der Waals surface area contributed by atoms with Crippen molar-refractivity contribution < 1.29 is 29.6 Å². The molecule has 6 unspecified atom stereocenters. The van der Waals surface area contributed by atoms with Gasteiger partial charge in [0.15, 0.2) is 0 Å². The van der Waals surface area contributed by atoms with Gasteiger partial charge < -0.3 is 20.1 Å². The number of epoxide rings is 1. The summed E-state index contributed by atoms with van der Waals surface area (Å²) < 4.78 is 6.01. The second-order valence-corrected chi connectivity index (χ2v) is 12.2. The summed E-state index contributed by atoms with van der Waals surface area (Å²) >= 11 is 1.65. The fraction of sp³-hybridized carbons (Fsp3) is 0.741. The van der Waals surface area contributed by atoms with Crippen LogP contribution in [0.5, 0.6) is 0 Å². The number of hydrogen-bond donors (Lipinski definition) is 3. The average molecular weight is 510 g/mol. The number of carboxylic acid groups (broad SMARTS) is 1. The van der Waals surface area contributed by atoms with Crippen LogP contribution in [0.2, 0.25) is 0 Å². The second-order valence-electron chi connectivity index (χ2n) is 11.1. The highest BCUT2D eigenvalue weighted by Gasteiger charge is 2.50. The first-order valence-corrected chi connectivity index (χ1v) is 13.4. The molecule has 1 aromatic rings. The molecule has 0 bridgehead atoms. The lowest BCUT2D eigenvalue weighted by Gasteiger charge is -2.34. The van der Waals surface area contributed by atoms with Gasteiger partial charge in [-0.2, -0.15) is 0 Å². The highest BCUT2D eigenvalue weighted by molar-refractivity contribution is 7.09. The molecule has 8 heteroatoms. The van der Waals surface area contributed by atoms with Gasteiger partial charge in [-0.25, -0.2) is 4.98 Å². The van der Waals surface area contributed by atoms with E-state index >= 15 is 0 Å². The van der Waals surface area contributed by atoms with Crippen LogP contribution in [-0.4, -0.2) is 56.0 Å². The van der Waals surface area contributed by atoms with Crippen LogP contribution in [0.4, 0.5) is 0 Å². The van der Waals surface area contributed by atoms with E-state index in [2.05, 4.69) is 30.3 Å². The van der Waals surface area contributed by atoms with E-state index in [1.54, 1.807) is 18.3 Å². The number of aliphatic carboxylic acids is 1. The molecule has 0 spiro atoms. The van der Waals surface area contributed by atoms with Crippen molar-refractivity contribution in [3.8, 4) is 0 Å². The van der Waals surface area contributed by atoms with Crippen molar-refractivity contribution in [1.29, 1.82) is 0 Å². The minimum atomic E-state index is -1.30. The molecule has 1 aliphatic rings. The lowest BCUT2D eigenvalue weighted by atomic mass is 9.73. The molecule has 0 aromatic carbocycles. The van der Waals surface area contributed by atoms with Gasteiger partial charge in [0.05, 0.1) is 46.5 Å². The van der Waals surface area contributed by atoms with E-state index in [-0.39, 0.29) is 23.4 Å². The van der Waals surface area contributed by atoms with E-state index in [9.17, 15) is 19.8 Å². The number of carboxylic acids is 1. The Morgan fingerprint density at radius 1 is 1.31 bits per heavy atom. The number of aliphatic hydroxyl groups is 2. The summed E-state index contributed by atoms with van der Waals surface area (Å²) in [5, 5.41) is 33.1. The SMILES string of the molecule is CC(=Cc1csc(C)n1)CCC1OC1(C)CCCC(C)C(O)C(C)C(=O)C(C)(C)C(O)CC(=O)O. The monoisotopic (exact) mass is 509 g/mol. The fourth-order valence-corrected chi connectivity index (χ4v) is 5.34. The zero-order valence-corrected chi connectivity index (χ0v) is 23.0. The summed E-state index contributed by atoms with van der Waals surface area (Å²) in [7, 11) is 0. The third kappa shape index (κ3) is 8.20. The number of allylic oxidation sites excluding steroid dienone is 1. The van der Waals surface area contributed by atoms with E-state index in [0.717, 1.165) is 42.8 Å². The number of ether oxygens (including phenoxy) is 1. The Kier molecular flexibility index (Phi) is 10.2. The van der Waals surface area contributed by atoms with E-state index in [1.807, 2.05) is 13.8 Å². The topological polar surface area (TPSA) is 120 Å².